The van der Waals surface area contributed by atoms with Gasteiger partial charge in [-0.25, -0.2) is 4.79 Å². The fourth-order valence-corrected chi connectivity index (χ4v) is 1.86. The number of carbonyl (C=O) groups excluding carboxylic acids is 2. The number of amides is 1. The summed E-state index contributed by atoms with van der Waals surface area (Å²) in [5, 5.41) is 2.75. The molecule has 1 rings (SSSR count). The smallest absolute Gasteiger partial charge is 0.341 e. The summed E-state index contributed by atoms with van der Waals surface area (Å²) < 4.78 is 15.7. The molecular weight excluding hydrogens is 298 g/mol. The number of anilines is 1. The Morgan fingerprint density at radius 3 is 2.48 bits per heavy atom. The van der Waals surface area contributed by atoms with E-state index in [1.54, 1.807) is 32.9 Å². The molecule has 1 amide bonds. The average Bonchev–Trinajstić information content (AvgIpc) is 2.53. The normalized spacial score (nSPS) is 11.0. The zero-order chi connectivity index (χ0) is 17.5. The molecule has 23 heavy (non-hydrogen) atoms. The Morgan fingerprint density at radius 1 is 1.22 bits per heavy atom. The molecule has 0 aromatic heterocycles. The van der Waals surface area contributed by atoms with Crippen LogP contribution in [-0.4, -0.2) is 37.8 Å². The summed E-state index contributed by atoms with van der Waals surface area (Å²) in [5.41, 5.74) is -0.216. The van der Waals surface area contributed by atoms with Gasteiger partial charge in [0.05, 0.1) is 13.7 Å². The fraction of sp³-hybridized carbons (Fsp3) is 0.529. The van der Waals surface area contributed by atoms with E-state index in [9.17, 15) is 9.59 Å². The van der Waals surface area contributed by atoms with E-state index in [0.717, 1.165) is 6.42 Å². The minimum atomic E-state index is -0.958. The summed E-state index contributed by atoms with van der Waals surface area (Å²) in [5.74, 6) is -0.393. The molecule has 0 aliphatic carbocycles. The van der Waals surface area contributed by atoms with Crippen molar-refractivity contribution in [1.29, 1.82) is 0 Å². The van der Waals surface area contributed by atoms with E-state index < -0.39 is 11.6 Å². The van der Waals surface area contributed by atoms with Crippen molar-refractivity contribution < 1.29 is 23.8 Å². The number of rotatable bonds is 8. The van der Waals surface area contributed by atoms with Gasteiger partial charge in [-0.2, -0.15) is 0 Å². The van der Waals surface area contributed by atoms with Crippen LogP contribution in [0.3, 0.4) is 0 Å². The second-order valence-electron chi connectivity index (χ2n) is 5.45. The monoisotopic (exact) mass is 323 g/mol. The lowest BCUT2D eigenvalue weighted by atomic mass is 10.1. The Hall–Kier alpha value is -2.08. The van der Waals surface area contributed by atoms with E-state index in [-0.39, 0.29) is 18.1 Å². The number of carbonyl (C=O) groups is 2. The highest BCUT2D eigenvalue weighted by Gasteiger charge is 2.28. The fourth-order valence-electron chi connectivity index (χ4n) is 1.86. The molecule has 0 bridgehead atoms. The molecule has 1 N–H and O–H groups in total. The second-order valence-corrected chi connectivity index (χ2v) is 5.45. The summed E-state index contributed by atoms with van der Waals surface area (Å²) in [6, 6.07) is 4.81. The van der Waals surface area contributed by atoms with Crippen LogP contribution in [0.15, 0.2) is 18.2 Å². The maximum Gasteiger partial charge on any atom is 0.341 e. The van der Waals surface area contributed by atoms with E-state index in [1.807, 2.05) is 6.92 Å². The van der Waals surface area contributed by atoms with Gasteiger partial charge in [0.2, 0.25) is 0 Å². The third kappa shape index (κ3) is 5.25. The van der Waals surface area contributed by atoms with Crippen molar-refractivity contribution in [3.05, 3.63) is 23.8 Å². The topological polar surface area (TPSA) is 73.9 Å². The lowest BCUT2D eigenvalue weighted by Crippen LogP contribution is -2.40. The van der Waals surface area contributed by atoms with Crippen molar-refractivity contribution in [3.63, 3.8) is 0 Å². The predicted octanol–water partition coefficient (Wildman–Crippen LogP) is 3.02. The molecule has 0 spiro atoms. The number of methoxy groups -OCH3 is 1. The first-order valence-corrected chi connectivity index (χ1v) is 7.66. The Kier molecular flexibility index (Phi) is 7.03. The first kappa shape index (κ1) is 19.0. The maximum absolute atomic E-state index is 12.3. The molecule has 1 aromatic carbocycles. The van der Waals surface area contributed by atoms with Crippen LogP contribution in [0.2, 0.25) is 0 Å². The minimum absolute atomic E-state index is 0.260. The van der Waals surface area contributed by atoms with Gasteiger partial charge in [-0.05, 0) is 45.4 Å². The largest absolute Gasteiger partial charge is 0.496 e. The molecular formula is C17H25NO5. The zero-order valence-electron chi connectivity index (χ0n) is 14.4. The minimum Gasteiger partial charge on any atom is -0.496 e. The van der Waals surface area contributed by atoms with Gasteiger partial charge in [-0.1, -0.05) is 6.92 Å². The summed E-state index contributed by atoms with van der Waals surface area (Å²) in [6.07, 6.45) is 0.826. The molecule has 0 unspecified atom stereocenters. The van der Waals surface area contributed by atoms with Crippen LogP contribution < -0.4 is 10.1 Å². The van der Waals surface area contributed by atoms with Gasteiger partial charge in [-0.3, -0.25) is 4.79 Å². The third-order valence-corrected chi connectivity index (χ3v) is 3.17. The molecule has 0 saturated carbocycles. The average molecular weight is 323 g/mol. The quantitative estimate of drug-likeness (QED) is 0.744. The number of hydrogen-bond donors (Lipinski definition) is 1. The van der Waals surface area contributed by atoms with Gasteiger partial charge in [0, 0.05) is 12.3 Å². The van der Waals surface area contributed by atoms with Crippen LogP contribution in [0, 0.1) is 0 Å². The van der Waals surface area contributed by atoms with Crippen LogP contribution in [0.5, 0.6) is 5.75 Å². The molecule has 0 fully saturated rings. The van der Waals surface area contributed by atoms with Crippen LogP contribution in [-0.2, 0) is 14.3 Å². The maximum atomic E-state index is 12.3. The van der Waals surface area contributed by atoms with Crippen molar-refractivity contribution in [2.24, 2.45) is 0 Å². The Bertz CT molecular complexity index is 554. The van der Waals surface area contributed by atoms with Crippen molar-refractivity contribution in [3.8, 4) is 5.75 Å². The SMILES string of the molecule is CCCOC(C)(C)C(=O)Nc1ccc(OC)c(C(=O)OCC)c1. The molecule has 128 valence electrons. The van der Waals surface area contributed by atoms with Crippen molar-refractivity contribution in [2.75, 3.05) is 25.6 Å². The summed E-state index contributed by atoms with van der Waals surface area (Å²) in [6.45, 7) is 7.86. The number of hydrogen-bond acceptors (Lipinski definition) is 5. The lowest BCUT2D eigenvalue weighted by molar-refractivity contribution is -0.137. The number of nitrogens with one attached hydrogen (secondary N) is 1. The van der Waals surface area contributed by atoms with Crippen LogP contribution in [0.25, 0.3) is 0 Å². The van der Waals surface area contributed by atoms with Gasteiger partial charge in [0.1, 0.15) is 16.9 Å². The highest BCUT2D eigenvalue weighted by Crippen LogP contribution is 2.24. The molecule has 0 saturated heterocycles. The van der Waals surface area contributed by atoms with Crippen molar-refractivity contribution in [2.45, 2.75) is 39.7 Å². The van der Waals surface area contributed by atoms with Gasteiger partial charge in [-0.15, -0.1) is 0 Å². The summed E-state index contributed by atoms with van der Waals surface area (Å²) in [4.78, 5) is 24.3. The number of esters is 1. The Morgan fingerprint density at radius 2 is 1.91 bits per heavy atom. The van der Waals surface area contributed by atoms with Crippen molar-refractivity contribution in [1.82, 2.24) is 0 Å². The van der Waals surface area contributed by atoms with Gasteiger partial charge >= 0.3 is 5.97 Å². The predicted molar refractivity (Wildman–Crippen MR) is 87.9 cm³/mol. The second kappa shape index (κ2) is 8.53. The molecule has 1 aromatic rings. The molecule has 0 heterocycles. The van der Waals surface area contributed by atoms with E-state index in [1.165, 1.54) is 13.2 Å². The molecule has 6 nitrogen and oxygen atoms in total. The van der Waals surface area contributed by atoms with Gasteiger partial charge < -0.3 is 19.5 Å². The standard InChI is InChI=1S/C17H25NO5/c1-6-10-23-17(3,4)16(20)18-12-8-9-14(21-5)13(11-12)15(19)22-7-2/h8-9,11H,6-7,10H2,1-5H3,(H,18,20). The van der Waals surface area contributed by atoms with E-state index in [0.29, 0.717) is 18.0 Å². The molecule has 0 aliphatic heterocycles. The first-order valence-electron chi connectivity index (χ1n) is 7.66. The zero-order valence-corrected chi connectivity index (χ0v) is 14.4. The summed E-state index contributed by atoms with van der Waals surface area (Å²) in [7, 11) is 1.47. The summed E-state index contributed by atoms with van der Waals surface area (Å²) >= 11 is 0. The third-order valence-electron chi connectivity index (χ3n) is 3.17. The molecule has 6 heteroatoms. The highest BCUT2D eigenvalue weighted by atomic mass is 16.5. The first-order chi connectivity index (χ1) is 10.9. The Balaban J connectivity index is 2.95. The van der Waals surface area contributed by atoms with E-state index in [4.69, 9.17) is 14.2 Å². The van der Waals surface area contributed by atoms with Crippen LogP contribution in [0.1, 0.15) is 44.5 Å². The molecule has 0 aliphatic rings. The molecule has 0 radical (unpaired) electrons. The number of benzene rings is 1. The van der Waals surface area contributed by atoms with Gasteiger partial charge in [0.15, 0.2) is 0 Å². The van der Waals surface area contributed by atoms with Crippen molar-refractivity contribution >= 4 is 17.6 Å². The van der Waals surface area contributed by atoms with E-state index >= 15 is 0 Å². The van der Waals surface area contributed by atoms with Crippen LogP contribution >= 0.6 is 0 Å². The lowest BCUT2D eigenvalue weighted by Gasteiger charge is -2.24. The number of ether oxygens (including phenoxy) is 3. The van der Waals surface area contributed by atoms with Crippen LogP contribution in [0.4, 0.5) is 5.69 Å². The molecule has 0 atom stereocenters. The van der Waals surface area contributed by atoms with E-state index in [2.05, 4.69) is 5.32 Å². The van der Waals surface area contributed by atoms with Gasteiger partial charge in [0.25, 0.3) is 5.91 Å². The highest BCUT2D eigenvalue weighted by molar-refractivity contribution is 5.99. The Labute approximate surface area is 137 Å².